The number of aromatic nitrogens is 1. The van der Waals surface area contributed by atoms with Gasteiger partial charge in [0, 0.05) is 18.8 Å². The van der Waals surface area contributed by atoms with Crippen molar-refractivity contribution in [1.29, 1.82) is 5.26 Å². The SMILES string of the molecule is C/C=C(\C=C/CC)C(C)CCN(C)Cc1ccc(Oc2ccc(C#N)cn2)c(Cl)c1. The minimum absolute atomic E-state index is 0.409. The van der Waals surface area contributed by atoms with Crippen LogP contribution in [0.3, 0.4) is 0 Å². The molecule has 0 saturated carbocycles. The molecule has 0 fully saturated rings. The molecule has 1 atom stereocenters. The molecule has 0 aliphatic carbocycles. The van der Waals surface area contributed by atoms with E-state index in [0.29, 0.717) is 28.1 Å². The third kappa shape index (κ3) is 7.33. The first-order valence-electron chi connectivity index (χ1n) is 10.3. The van der Waals surface area contributed by atoms with Gasteiger partial charge in [0.25, 0.3) is 0 Å². The maximum Gasteiger partial charge on any atom is 0.219 e. The maximum atomic E-state index is 8.85. The number of hydrogen-bond donors (Lipinski definition) is 0. The van der Waals surface area contributed by atoms with E-state index < -0.39 is 0 Å². The molecule has 2 aromatic rings. The first kappa shape index (κ1) is 23.7. The molecule has 0 N–H and O–H groups in total. The predicted molar refractivity (Wildman–Crippen MR) is 124 cm³/mol. The number of hydrogen-bond acceptors (Lipinski definition) is 4. The van der Waals surface area contributed by atoms with E-state index in [1.54, 1.807) is 12.1 Å². The van der Waals surface area contributed by atoms with Crippen LogP contribution in [0.2, 0.25) is 5.02 Å². The van der Waals surface area contributed by atoms with Crippen LogP contribution in [0.5, 0.6) is 11.6 Å². The van der Waals surface area contributed by atoms with Gasteiger partial charge in [-0.1, -0.05) is 49.7 Å². The number of ether oxygens (including phenoxy) is 1. The van der Waals surface area contributed by atoms with E-state index in [-0.39, 0.29) is 0 Å². The first-order valence-corrected chi connectivity index (χ1v) is 10.7. The summed E-state index contributed by atoms with van der Waals surface area (Å²) >= 11 is 6.42. The van der Waals surface area contributed by atoms with Crippen LogP contribution < -0.4 is 4.74 Å². The van der Waals surface area contributed by atoms with Gasteiger partial charge in [-0.2, -0.15) is 5.26 Å². The molecule has 0 amide bonds. The summed E-state index contributed by atoms with van der Waals surface area (Å²) in [6, 6.07) is 11.2. The molecule has 1 aromatic heterocycles. The zero-order valence-electron chi connectivity index (χ0n) is 18.2. The van der Waals surface area contributed by atoms with Crippen LogP contribution in [0.1, 0.15) is 44.7 Å². The molecule has 0 radical (unpaired) electrons. The normalized spacial score (nSPS) is 12.9. The summed E-state index contributed by atoms with van der Waals surface area (Å²) in [5.41, 5.74) is 3.02. The van der Waals surface area contributed by atoms with Crippen molar-refractivity contribution in [3.8, 4) is 17.7 Å². The smallest absolute Gasteiger partial charge is 0.219 e. The summed E-state index contributed by atoms with van der Waals surface area (Å²) < 4.78 is 5.74. The Morgan fingerprint density at radius 2 is 2.13 bits per heavy atom. The Morgan fingerprint density at radius 3 is 2.73 bits per heavy atom. The fourth-order valence-corrected chi connectivity index (χ4v) is 3.36. The lowest BCUT2D eigenvalue weighted by Crippen LogP contribution is -2.21. The van der Waals surface area contributed by atoms with Gasteiger partial charge in [-0.3, -0.25) is 0 Å². The van der Waals surface area contributed by atoms with Gasteiger partial charge < -0.3 is 9.64 Å². The van der Waals surface area contributed by atoms with Crippen molar-refractivity contribution in [3.63, 3.8) is 0 Å². The quantitative estimate of drug-likeness (QED) is 0.395. The number of pyridine rings is 1. The van der Waals surface area contributed by atoms with E-state index in [2.05, 4.69) is 55.9 Å². The minimum atomic E-state index is 0.409. The molecule has 0 bridgehead atoms. The highest BCUT2D eigenvalue weighted by atomic mass is 35.5. The molecule has 0 aliphatic heterocycles. The molecule has 1 heterocycles. The Morgan fingerprint density at radius 1 is 1.33 bits per heavy atom. The fraction of sp³-hybridized carbons (Fsp3) is 0.360. The Bertz CT molecular complexity index is 913. The van der Waals surface area contributed by atoms with Gasteiger partial charge in [0.15, 0.2) is 0 Å². The second-order valence-electron chi connectivity index (χ2n) is 7.39. The van der Waals surface area contributed by atoms with Crippen LogP contribution in [-0.4, -0.2) is 23.5 Å². The standard InChI is InChI=1S/C25H30ClN3O/c1-5-7-8-22(6-2)19(3)13-14-29(4)18-20-9-11-24(23(26)15-20)30-25-12-10-21(16-27)17-28-25/h6-12,15,17,19H,5,13-14,18H2,1-4H3/b8-7-,22-6+. The number of allylic oxidation sites excluding steroid dienone is 4. The number of benzene rings is 1. The Hall–Kier alpha value is -2.61. The summed E-state index contributed by atoms with van der Waals surface area (Å²) in [6.45, 7) is 8.36. The second kappa shape index (κ2) is 12.2. The lowest BCUT2D eigenvalue weighted by Gasteiger charge is -2.20. The van der Waals surface area contributed by atoms with Crippen LogP contribution in [0.4, 0.5) is 0 Å². The van der Waals surface area contributed by atoms with Crippen LogP contribution in [-0.2, 0) is 6.54 Å². The van der Waals surface area contributed by atoms with E-state index in [1.165, 1.54) is 11.8 Å². The van der Waals surface area contributed by atoms with Gasteiger partial charge in [-0.05, 0) is 68.6 Å². The van der Waals surface area contributed by atoms with E-state index >= 15 is 0 Å². The molecular weight excluding hydrogens is 394 g/mol. The number of halogens is 1. The first-order chi connectivity index (χ1) is 14.5. The lowest BCUT2D eigenvalue weighted by molar-refractivity contribution is 0.307. The highest BCUT2D eigenvalue weighted by Gasteiger charge is 2.10. The Kier molecular flexibility index (Phi) is 9.60. The van der Waals surface area contributed by atoms with Crippen molar-refractivity contribution < 1.29 is 4.74 Å². The van der Waals surface area contributed by atoms with Gasteiger partial charge in [0.2, 0.25) is 5.88 Å². The van der Waals surface area contributed by atoms with Crippen molar-refractivity contribution in [2.24, 2.45) is 5.92 Å². The number of nitrogens with zero attached hydrogens (tertiary/aromatic N) is 3. The summed E-state index contributed by atoms with van der Waals surface area (Å²) in [4.78, 5) is 6.42. The maximum absolute atomic E-state index is 8.85. The van der Waals surface area contributed by atoms with Crippen molar-refractivity contribution in [2.45, 2.75) is 40.2 Å². The number of rotatable bonds is 10. The van der Waals surface area contributed by atoms with Crippen LogP contribution in [0, 0.1) is 17.2 Å². The third-order valence-corrected chi connectivity index (χ3v) is 5.22. The molecule has 1 unspecified atom stereocenters. The average molecular weight is 424 g/mol. The third-order valence-electron chi connectivity index (χ3n) is 4.92. The molecule has 30 heavy (non-hydrogen) atoms. The molecule has 0 saturated heterocycles. The molecule has 5 heteroatoms. The van der Waals surface area contributed by atoms with Gasteiger partial charge in [0.1, 0.15) is 11.8 Å². The summed E-state index contributed by atoms with van der Waals surface area (Å²) in [6.07, 6.45) is 10.3. The second-order valence-corrected chi connectivity index (χ2v) is 7.80. The molecular formula is C25H30ClN3O. The van der Waals surface area contributed by atoms with E-state index in [0.717, 1.165) is 31.5 Å². The largest absolute Gasteiger partial charge is 0.437 e. The van der Waals surface area contributed by atoms with E-state index in [9.17, 15) is 0 Å². The lowest BCUT2D eigenvalue weighted by atomic mass is 9.96. The van der Waals surface area contributed by atoms with Crippen molar-refractivity contribution in [1.82, 2.24) is 9.88 Å². The minimum Gasteiger partial charge on any atom is -0.437 e. The molecule has 4 nitrogen and oxygen atoms in total. The van der Waals surface area contributed by atoms with Crippen LogP contribution in [0.25, 0.3) is 0 Å². The van der Waals surface area contributed by atoms with E-state index in [4.69, 9.17) is 21.6 Å². The van der Waals surface area contributed by atoms with Gasteiger partial charge in [-0.25, -0.2) is 4.98 Å². The van der Waals surface area contributed by atoms with Crippen molar-refractivity contribution in [3.05, 3.63) is 76.5 Å². The predicted octanol–water partition coefficient (Wildman–Crippen LogP) is 6.77. The molecule has 158 valence electrons. The summed E-state index contributed by atoms with van der Waals surface area (Å²) in [5, 5.41) is 9.39. The van der Waals surface area contributed by atoms with Gasteiger partial charge in [-0.15, -0.1) is 0 Å². The van der Waals surface area contributed by atoms with Gasteiger partial charge >= 0.3 is 0 Å². The molecule has 1 aromatic carbocycles. The zero-order valence-corrected chi connectivity index (χ0v) is 19.0. The van der Waals surface area contributed by atoms with Crippen molar-refractivity contribution in [2.75, 3.05) is 13.6 Å². The van der Waals surface area contributed by atoms with E-state index in [1.807, 2.05) is 24.3 Å². The highest BCUT2D eigenvalue weighted by Crippen LogP contribution is 2.29. The molecule has 2 rings (SSSR count). The van der Waals surface area contributed by atoms with Gasteiger partial charge in [0.05, 0.1) is 10.6 Å². The highest BCUT2D eigenvalue weighted by molar-refractivity contribution is 6.32. The fourth-order valence-electron chi connectivity index (χ4n) is 3.12. The Balaban J connectivity index is 1.91. The van der Waals surface area contributed by atoms with Crippen LogP contribution in [0.15, 0.2) is 60.3 Å². The number of nitriles is 1. The Labute approximate surface area is 185 Å². The summed E-state index contributed by atoms with van der Waals surface area (Å²) in [5.74, 6) is 1.49. The summed E-state index contributed by atoms with van der Waals surface area (Å²) in [7, 11) is 2.13. The monoisotopic (exact) mass is 423 g/mol. The molecule has 0 spiro atoms. The zero-order chi connectivity index (χ0) is 21.9. The van der Waals surface area contributed by atoms with Crippen molar-refractivity contribution >= 4 is 11.6 Å². The topological polar surface area (TPSA) is 49.1 Å². The average Bonchev–Trinajstić information content (AvgIpc) is 2.75. The molecule has 0 aliphatic rings. The van der Waals surface area contributed by atoms with Crippen LogP contribution >= 0.6 is 11.6 Å².